The molecule has 0 radical (unpaired) electrons. The smallest absolute Gasteiger partial charge is 0.328 e. The van der Waals surface area contributed by atoms with Crippen LogP contribution in [-0.2, 0) is 11.4 Å². The Morgan fingerprint density at radius 3 is 2.75 bits per heavy atom. The first-order chi connectivity index (χ1) is 11.4. The minimum absolute atomic E-state index is 0.0708. The third kappa shape index (κ3) is 4.49. The molecular weight excluding hydrogens is 403 g/mol. The second kappa shape index (κ2) is 8.17. The zero-order valence-electron chi connectivity index (χ0n) is 12.6. The van der Waals surface area contributed by atoms with Crippen LogP contribution in [0.3, 0.4) is 0 Å². The molecule has 0 atom stereocenters. The van der Waals surface area contributed by atoms with Crippen LogP contribution in [-0.4, -0.2) is 18.2 Å². The largest absolute Gasteiger partial charge is 0.493 e. The van der Waals surface area contributed by atoms with Gasteiger partial charge in [0.15, 0.2) is 11.5 Å². The van der Waals surface area contributed by atoms with Crippen molar-refractivity contribution < 1.29 is 23.8 Å². The van der Waals surface area contributed by atoms with E-state index in [0.717, 1.165) is 6.08 Å². The predicted octanol–water partition coefficient (Wildman–Crippen LogP) is 4.93. The van der Waals surface area contributed by atoms with E-state index in [1.165, 1.54) is 25.3 Å². The number of aliphatic carboxylic acids is 1. The van der Waals surface area contributed by atoms with E-state index in [2.05, 4.69) is 15.9 Å². The first kappa shape index (κ1) is 18.3. The minimum atomic E-state index is -1.06. The molecule has 2 aromatic rings. The molecule has 4 nitrogen and oxygen atoms in total. The van der Waals surface area contributed by atoms with E-state index in [-0.39, 0.29) is 17.2 Å². The Kier molecular flexibility index (Phi) is 6.23. The van der Waals surface area contributed by atoms with Crippen LogP contribution in [0.4, 0.5) is 4.39 Å². The summed E-state index contributed by atoms with van der Waals surface area (Å²) in [4.78, 5) is 10.6. The van der Waals surface area contributed by atoms with Gasteiger partial charge in [-0.3, -0.25) is 0 Å². The highest BCUT2D eigenvalue weighted by atomic mass is 79.9. The molecule has 7 heteroatoms. The number of carbonyl (C=O) groups is 1. The summed E-state index contributed by atoms with van der Waals surface area (Å²) in [5.74, 6) is -0.760. The SMILES string of the molecule is COc1cc(C=CC(=O)O)c(Br)cc1OCc1c(F)cccc1Cl. The van der Waals surface area contributed by atoms with Gasteiger partial charge < -0.3 is 14.6 Å². The van der Waals surface area contributed by atoms with Crippen LogP contribution in [0.5, 0.6) is 11.5 Å². The van der Waals surface area contributed by atoms with Crippen LogP contribution in [0.15, 0.2) is 40.9 Å². The number of carboxylic acid groups (broad SMARTS) is 1. The van der Waals surface area contributed by atoms with Crippen molar-refractivity contribution in [1.82, 2.24) is 0 Å². The third-order valence-corrected chi connectivity index (χ3v) is 4.16. The zero-order chi connectivity index (χ0) is 17.7. The molecule has 0 spiro atoms. The average Bonchev–Trinajstić information content (AvgIpc) is 2.53. The molecule has 126 valence electrons. The molecule has 0 amide bonds. The summed E-state index contributed by atoms with van der Waals surface area (Å²) in [5, 5.41) is 8.98. The van der Waals surface area contributed by atoms with Crippen LogP contribution >= 0.6 is 27.5 Å². The summed E-state index contributed by atoms with van der Waals surface area (Å²) < 4.78 is 25.3. The monoisotopic (exact) mass is 414 g/mol. The minimum Gasteiger partial charge on any atom is -0.493 e. The maximum atomic E-state index is 13.8. The fourth-order valence-corrected chi connectivity index (χ4v) is 2.60. The van der Waals surface area contributed by atoms with E-state index in [9.17, 15) is 9.18 Å². The Morgan fingerprint density at radius 2 is 2.12 bits per heavy atom. The molecular formula is C17H13BrClFO4. The van der Waals surface area contributed by atoms with Crippen molar-refractivity contribution in [2.24, 2.45) is 0 Å². The summed E-state index contributed by atoms with van der Waals surface area (Å²) in [6.07, 6.45) is 2.44. The second-order valence-corrected chi connectivity index (χ2v) is 5.95. The van der Waals surface area contributed by atoms with Gasteiger partial charge in [-0.2, -0.15) is 0 Å². The number of benzene rings is 2. The number of carboxylic acids is 1. The van der Waals surface area contributed by atoms with Crippen LogP contribution in [0.25, 0.3) is 6.08 Å². The van der Waals surface area contributed by atoms with Gasteiger partial charge >= 0.3 is 5.97 Å². The summed E-state index contributed by atoms with van der Waals surface area (Å²) in [7, 11) is 1.46. The number of hydrogen-bond acceptors (Lipinski definition) is 3. The van der Waals surface area contributed by atoms with Gasteiger partial charge in [0, 0.05) is 16.1 Å². The van der Waals surface area contributed by atoms with Gasteiger partial charge in [-0.25, -0.2) is 9.18 Å². The van der Waals surface area contributed by atoms with Gasteiger partial charge in [-0.15, -0.1) is 0 Å². The van der Waals surface area contributed by atoms with E-state index in [4.69, 9.17) is 26.2 Å². The fraction of sp³-hybridized carbons (Fsp3) is 0.118. The first-order valence-electron chi connectivity index (χ1n) is 6.76. The lowest BCUT2D eigenvalue weighted by Crippen LogP contribution is -2.01. The van der Waals surface area contributed by atoms with Crippen LogP contribution < -0.4 is 9.47 Å². The molecule has 0 saturated carbocycles. The van der Waals surface area contributed by atoms with Gasteiger partial charge in [-0.1, -0.05) is 33.6 Å². The molecule has 2 aromatic carbocycles. The van der Waals surface area contributed by atoms with Crippen molar-refractivity contribution in [3.63, 3.8) is 0 Å². The Bertz CT molecular complexity index is 772. The van der Waals surface area contributed by atoms with Crippen molar-refractivity contribution in [3.05, 3.63) is 62.8 Å². The third-order valence-electron chi connectivity index (χ3n) is 3.12. The molecule has 0 fully saturated rings. The Labute approximate surface area is 151 Å². The van der Waals surface area contributed by atoms with Gasteiger partial charge in [0.05, 0.1) is 12.1 Å². The lowest BCUT2D eigenvalue weighted by atomic mass is 10.2. The van der Waals surface area contributed by atoms with Crippen molar-refractivity contribution in [2.45, 2.75) is 6.61 Å². The highest BCUT2D eigenvalue weighted by molar-refractivity contribution is 9.10. The first-order valence-corrected chi connectivity index (χ1v) is 7.93. The van der Waals surface area contributed by atoms with Crippen LogP contribution in [0, 0.1) is 5.82 Å². The molecule has 2 rings (SSSR count). The maximum Gasteiger partial charge on any atom is 0.328 e. The number of rotatable bonds is 6. The molecule has 0 aliphatic heterocycles. The van der Waals surface area contributed by atoms with E-state index >= 15 is 0 Å². The Hall–Kier alpha value is -2.05. The second-order valence-electron chi connectivity index (χ2n) is 4.69. The molecule has 0 unspecified atom stereocenters. The molecule has 0 bridgehead atoms. The van der Waals surface area contributed by atoms with Crippen molar-refractivity contribution >= 4 is 39.6 Å². The predicted molar refractivity (Wildman–Crippen MR) is 93.1 cm³/mol. The standard InChI is InChI=1S/C17H13BrClFO4/c1-23-15-7-10(5-6-17(21)22)12(18)8-16(15)24-9-11-13(19)3-2-4-14(11)20/h2-8H,9H2,1H3,(H,21,22). The van der Waals surface area contributed by atoms with E-state index < -0.39 is 11.8 Å². The lowest BCUT2D eigenvalue weighted by molar-refractivity contribution is -0.131. The number of halogens is 3. The fourth-order valence-electron chi connectivity index (χ4n) is 1.93. The highest BCUT2D eigenvalue weighted by Gasteiger charge is 2.12. The lowest BCUT2D eigenvalue weighted by Gasteiger charge is -2.14. The Balaban J connectivity index is 2.27. The van der Waals surface area contributed by atoms with Crippen molar-refractivity contribution in [3.8, 4) is 11.5 Å². The number of methoxy groups -OCH3 is 1. The van der Waals surface area contributed by atoms with E-state index in [0.29, 0.717) is 21.5 Å². The van der Waals surface area contributed by atoms with Gasteiger partial charge in [-0.05, 0) is 35.9 Å². The van der Waals surface area contributed by atoms with E-state index in [1.807, 2.05) is 0 Å². The summed E-state index contributed by atoms with van der Waals surface area (Å²) in [6.45, 7) is -0.0708. The topological polar surface area (TPSA) is 55.8 Å². The van der Waals surface area contributed by atoms with E-state index in [1.54, 1.807) is 18.2 Å². The zero-order valence-corrected chi connectivity index (χ0v) is 14.9. The van der Waals surface area contributed by atoms with Crippen molar-refractivity contribution in [1.29, 1.82) is 0 Å². The molecule has 24 heavy (non-hydrogen) atoms. The highest BCUT2D eigenvalue weighted by Crippen LogP contribution is 2.35. The molecule has 0 saturated heterocycles. The quantitative estimate of drug-likeness (QED) is 0.680. The number of ether oxygens (including phenoxy) is 2. The molecule has 0 aromatic heterocycles. The summed E-state index contributed by atoms with van der Waals surface area (Å²) >= 11 is 9.31. The van der Waals surface area contributed by atoms with Gasteiger partial charge in [0.25, 0.3) is 0 Å². The molecule has 0 heterocycles. The van der Waals surface area contributed by atoms with Crippen LogP contribution in [0.1, 0.15) is 11.1 Å². The molecule has 0 aliphatic rings. The molecule has 0 aliphatic carbocycles. The van der Waals surface area contributed by atoms with Gasteiger partial charge in [0.2, 0.25) is 0 Å². The molecule has 1 N–H and O–H groups in total. The summed E-state index contributed by atoms with van der Waals surface area (Å²) in [5.41, 5.74) is 0.845. The van der Waals surface area contributed by atoms with Gasteiger partial charge in [0.1, 0.15) is 12.4 Å². The Morgan fingerprint density at radius 1 is 1.38 bits per heavy atom. The normalized spacial score (nSPS) is 10.8. The average molecular weight is 416 g/mol. The van der Waals surface area contributed by atoms with Crippen LogP contribution in [0.2, 0.25) is 5.02 Å². The number of hydrogen-bond donors (Lipinski definition) is 1. The van der Waals surface area contributed by atoms with Crippen molar-refractivity contribution in [2.75, 3.05) is 7.11 Å². The maximum absolute atomic E-state index is 13.8. The summed E-state index contributed by atoms with van der Waals surface area (Å²) in [6, 6.07) is 7.63.